The second-order valence-electron chi connectivity index (χ2n) is 5.07. The molecule has 1 rings (SSSR count). The standard InChI is InChI=1S/C14H16ClF2NO4/c1-3-14(2,12(20)21)6-10(19)7-4-8(15)9(18)5-11(7)22-13(16)17/h4-5,13H,3,6,18H2,1-2H3,(H,20,21)/t14-/m0/s1. The Balaban J connectivity index is 3.21. The van der Waals surface area contributed by atoms with Gasteiger partial charge in [0.2, 0.25) is 0 Å². The van der Waals surface area contributed by atoms with E-state index in [1.54, 1.807) is 6.92 Å². The van der Waals surface area contributed by atoms with Crippen molar-refractivity contribution in [1.82, 2.24) is 0 Å². The molecule has 8 heteroatoms. The van der Waals surface area contributed by atoms with Crippen molar-refractivity contribution in [1.29, 1.82) is 0 Å². The Bertz CT molecular complexity index is 594. The summed E-state index contributed by atoms with van der Waals surface area (Å²) in [5.74, 6) is -2.24. The van der Waals surface area contributed by atoms with Crippen LogP contribution in [-0.4, -0.2) is 23.5 Å². The molecular formula is C14H16ClF2NO4. The van der Waals surface area contributed by atoms with Crippen LogP contribution in [0.2, 0.25) is 5.02 Å². The van der Waals surface area contributed by atoms with E-state index in [4.69, 9.17) is 17.3 Å². The first-order chi connectivity index (χ1) is 10.1. The Morgan fingerprint density at radius 3 is 2.50 bits per heavy atom. The molecule has 1 aromatic carbocycles. The molecule has 0 bridgehead atoms. The van der Waals surface area contributed by atoms with Crippen LogP contribution >= 0.6 is 11.6 Å². The number of hydrogen-bond acceptors (Lipinski definition) is 4. The van der Waals surface area contributed by atoms with Gasteiger partial charge in [0.25, 0.3) is 0 Å². The number of Topliss-reactive ketones (excluding diaryl/α,β-unsaturated/α-hetero) is 1. The Morgan fingerprint density at radius 2 is 2.05 bits per heavy atom. The number of rotatable bonds is 7. The summed E-state index contributed by atoms with van der Waals surface area (Å²) >= 11 is 5.80. The van der Waals surface area contributed by atoms with Crippen molar-refractivity contribution < 1.29 is 28.2 Å². The zero-order valence-electron chi connectivity index (χ0n) is 12.0. The van der Waals surface area contributed by atoms with Gasteiger partial charge in [0, 0.05) is 12.5 Å². The zero-order valence-corrected chi connectivity index (χ0v) is 12.8. The van der Waals surface area contributed by atoms with Crippen LogP contribution < -0.4 is 10.5 Å². The van der Waals surface area contributed by atoms with E-state index in [1.807, 2.05) is 0 Å². The first kappa shape index (κ1) is 18.2. The Morgan fingerprint density at radius 1 is 1.45 bits per heavy atom. The highest BCUT2D eigenvalue weighted by atomic mass is 35.5. The molecule has 0 aliphatic rings. The molecule has 3 N–H and O–H groups in total. The Kier molecular flexibility index (Phi) is 5.71. The monoisotopic (exact) mass is 335 g/mol. The minimum absolute atomic E-state index is 0.00140. The van der Waals surface area contributed by atoms with Crippen molar-refractivity contribution >= 4 is 29.0 Å². The van der Waals surface area contributed by atoms with Gasteiger partial charge in [-0.25, -0.2) is 0 Å². The Labute approximate surface area is 131 Å². The van der Waals surface area contributed by atoms with E-state index in [2.05, 4.69) is 4.74 Å². The van der Waals surface area contributed by atoms with E-state index >= 15 is 0 Å². The van der Waals surface area contributed by atoms with Gasteiger partial charge in [-0.15, -0.1) is 0 Å². The third-order valence-electron chi connectivity index (χ3n) is 3.46. The number of alkyl halides is 2. The van der Waals surface area contributed by atoms with Crippen LogP contribution in [0, 0.1) is 5.41 Å². The lowest BCUT2D eigenvalue weighted by atomic mass is 9.81. The highest BCUT2D eigenvalue weighted by Crippen LogP contribution is 2.34. The Hall–Kier alpha value is -1.89. The van der Waals surface area contributed by atoms with Crippen LogP contribution in [0.5, 0.6) is 5.75 Å². The average Bonchev–Trinajstić information content (AvgIpc) is 2.41. The van der Waals surface area contributed by atoms with E-state index < -0.39 is 29.5 Å². The highest BCUT2D eigenvalue weighted by molar-refractivity contribution is 6.33. The highest BCUT2D eigenvalue weighted by Gasteiger charge is 2.35. The van der Waals surface area contributed by atoms with Gasteiger partial charge in [-0.05, 0) is 19.4 Å². The molecule has 122 valence electrons. The van der Waals surface area contributed by atoms with Crippen molar-refractivity contribution in [2.45, 2.75) is 33.3 Å². The molecule has 0 spiro atoms. The number of carbonyl (C=O) groups is 2. The van der Waals surface area contributed by atoms with Gasteiger partial charge < -0.3 is 15.6 Å². The van der Waals surface area contributed by atoms with Gasteiger partial charge >= 0.3 is 12.6 Å². The SMILES string of the molecule is CC[C@@](C)(CC(=O)c1cc(Cl)c(N)cc1OC(F)F)C(=O)O. The van der Waals surface area contributed by atoms with Crippen LogP contribution in [-0.2, 0) is 4.79 Å². The van der Waals surface area contributed by atoms with Crippen LogP contribution in [0.3, 0.4) is 0 Å². The molecule has 0 radical (unpaired) electrons. The zero-order chi connectivity index (χ0) is 17.1. The fourth-order valence-electron chi connectivity index (χ4n) is 1.78. The molecule has 5 nitrogen and oxygen atoms in total. The molecule has 1 atom stereocenters. The van der Waals surface area contributed by atoms with Crippen LogP contribution in [0.25, 0.3) is 0 Å². The maximum Gasteiger partial charge on any atom is 0.387 e. The molecule has 0 aliphatic heterocycles. The number of ether oxygens (including phenoxy) is 1. The fourth-order valence-corrected chi connectivity index (χ4v) is 1.95. The molecule has 0 saturated heterocycles. The van der Waals surface area contributed by atoms with Gasteiger partial charge in [0.05, 0.1) is 21.7 Å². The number of carboxylic acids is 1. The summed E-state index contributed by atoms with van der Waals surface area (Å²) in [6, 6.07) is 2.13. The first-order valence-corrected chi connectivity index (χ1v) is 6.79. The number of ketones is 1. The second kappa shape index (κ2) is 6.91. The number of carboxylic acid groups (broad SMARTS) is 1. The number of hydrogen-bond donors (Lipinski definition) is 2. The lowest BCUT2D eigenvalue weighted by molar-refractivity contribution is -0.148. The summed E-state index contributed by atoms with van der Waals surface area (Å²) < 4.78 is 29.1. The van der Waals surface area contributed by atoms with Crippen molar-refractivity contribution in [3.8, 4) is 5.75 Å². The van der Waals surface area contributed by atoms with E-state index in [0.29, 0.717) is 0 Å². The molecule has 0 fully saturated rings. The smallest absolute Gasteiger partial charge is 0.387 e. The number of nitrogens with two attached hydrogens (primary N) is 1. The van der Waals surface area contributed by atoms with Crippen LogP contribution in [0.15, 0.2) is 12.1 Å². The van der Waals surface area contributed by atoms with Gasteiger partial charge in [-0.3, -0.25) is 9.59 Å². The number of carbonyl (C=O) groups excluding carboxylic acids is 1. The number of nitrogen functional groups attached to an aromatic ring is 1. The molecule has 0 aliphatic carbocycles. The minimum atomic E-state index is -3.15. The summed E-state index contributed by atoms with van der Waals surface area (Å²) in [6.07, 6.45) is -0.180. The summed E-state index contributed by atoms with van der Waals surface area (Å²) in [6.45, 7) is -0.127. The van der Waals surface area contributed by atoms with Crippen molar-refractivity contribution in [3.63, 3.8) is 0 Å². The van der Waals surface area contributed by atoms with Gasteiger partial charge in [0.1, 0.15) is 5.75 Å². The van der Waals surface area contributed by atoms with E-state index in [-0.39, 0.29) is 29.1 Å². The molecule has 22 heavy (non-hydrogen) atoms. The van der Waals surface area contributed by atoms with E-state index in [1.165, 1.54) is 6.92 Å². The van der Waals surface area contributed by atoms with E-state index in [9.17, 15) is 23.5 Å². The number of benzene rings is 1. The summed E-state index contributed by atoms with van der Waals surface area (Å²) in [5, 5.41) is 9.19. The predicted molar refractivity (Wildman–Crippen MR) is 77.5 cm³/mol. The molecule has 0 unspecified atom stereocenters. The fraction of sp³-hybridized carbons (Fsp3) is 0.429. The van der Waals surface area contributed by atoms with Crippen molar-refractivity contribution in [2.75, 3.05) is 5.73 Å². The van der Waals surface area contributed by atoms with Gasteiger partial charge in [-0.1, -0.05) is 18.5 Å². The molecule has 0 aromatic heterocycles. The number of halogens is 3. The third-order valence-corrected chi connectivity index (χ3v) is 3.79. The number of aliphatic carboxylic acids is 1. The van der Waals surface area contributed by atoms with Crippen molar-refractivity contribution in [2.24, 2.45) is 5.41 Å². The van der Waals surface area contributed by atoms with Crippen LogP contribution in [0.1, 0.15) is 37.0 Å². The lowest BCUT2D eigenvalue weighted by Crippen LogP contribution is -2.30. The summed E-state index contributed by atoms with van der Waals surface area (Å²) in [5.41, 5.74) is 3.95. The summed E-state index contributed by atoms with van der Waals surface area (Å²) in [4.78, 5) is 23.6. The molecule has 0 saturated carbocycles. The maximum atomic E-state index is 12.4. The van der Waals surface area contributed by atoms with Gasteiger partial charge in [-0.2, -0.15) is 8.78 Å². The first-order valence-electron chi connectivity index (χ1n) is 6.41. The maximum absolute atomic E-state index is 12.4. The molecule has 0 heterocycles. The second-order valence-corrected chi connectivity index (χ2v) is 5.47. The average molecular weight is 336 g/mol. The topological polar surface area (TPSA) is 89.6 Å². The normalized spacial score (nSPS) is 13.7. The summed E-state index contributed by atoms with van der Waals surface area (Å²) in [7, 11) is 0. The number of anilines is 1. The lowest BCUT2D eigenvalue weighted by Gasteiger charge is -2.22. The van der Waals surface area contributed by atoms with E-state index in [0.717, 1.165) is 12.1 Å². The van der Waals surface area contributed by atoms with Crippen LogP contribution in [0.4, 0.5) is 14.5 Å². The third kappa shape index (κ3) is 4.07. The quantitative estimate of drug-likeness (QED) is 0.587. The molecule has 0 amide bonds. The molecule has 1 aromatic rings. The van der Waals surface area contributed by atoms with Gasteiger partial charge in [0.15, 0.2) is 5.78 Å². The largest absolute Gasteiger partial charge is 0.481 e. The predicted octanol–water partition coefficient (Wildman–Crippen LogP) is 3.60. The minimum Gasteiger partial charge on any atom is -0.481 e. The van der Waals surface area contributed by atoms with Crippen molar-refractivity contribution in [3.05, 3.63) is 22.7 Å². The molecular weight excluding hydrogens is 320 g/mol.